The van der Waals surface area contributed by atoms with Crippen LogP contribution in [0.15, 0.2) is 4.99 Å². The average Bonchev–Trinajstić information content (AvgIpc) is 2.15. The molecule has 0 amide bonds. The van der Waals surface area contributed by atoms with Crippen LogP contribution in [0, 0.1) is 0 Å². The minimum absolute atomic E-state index is 0.171. The summed E-state index contributed by atoms with van der Waals surface area (Å²) in [5, 5.41) is 0. The molecule has 1 aliphatic rings. The first kappa shape index (κ1) is 6.71. The first-order valence-electron chi connectivity index (χ1n) is 3.16. The van der Waals surface area contributed by atoms with Crippen LogP contribution in [-0.4, -0.2) is 25.1 Å². The number of ether oxygens (including phenoxy) is 1. The Balaban J connectivity index is 2.20. The van der Waals surface area contributed by atoms with Crippen LogP contribution in [-0.2, 0) is 4.74 Å². The standard InChI is InChI=1S/C6H12N2O/c1-5(7)2-6-3-8-4-9-6/h3,5-6H,2,4,7H2,1H3. The van der Waals surface area contributed by atoms with Crippen molar-refractivity contribution in [1.29, 1.82) is 0 Å². The van der Waals surface area contributed by atoms with Gasteiger partial charge in [-0.15, -0.1) is 0 Å². The molecule has 1 heterocycles. The summed E-state index contributed by atoms with van der Waals surface area (Å²) >= 11 is 0. The molecular formula is C6H12N2O. The fourth-order valence-corrected chi connectivity index (χ4v) is 0.838. The van der Waals surface area contributed by atoms with Crippen LogP contribution in [0.1, 0.15) is 13.3 Å². The third-order valence-corrected chi connectivity index (χ3v) is 1.24. The van der Waals surface area contributed by atoms with E-state index in [2.05, 4.69) is 4.99 Å². The lowest BCUT2D eigenvalue weighted by molar-refractivity contribution is 0.118. The smallest absolute Gasteiger partial charge is 0.138 e. The first-order chi connectivity index (χ1) is 4.29. The Bertz CT molecular complexity index is 112. The van der Waals surface area contributed by atoms with Crippen molar-refractivity contribution in [3.8, 4) is 0 Å². The van der Waals surface area contributed by atoms with Gasteiger partial charge in [0.05, 0.1) is 6.10 Å². The number of nitrogens with zero attached hydrogens (tertiary/aromatic N) is 1. The Hall–Kier alpha value is -0.410. The monoisotopic (exact) mass is 128 g/mol. The Morgan fingerprint density at radius 1 is 2.00 bits per heavy atom. The van der Waals surface area contributed by atoms with Gasteiger partial charge in [0.25, 0.3) is 0 Å². The van der Waals surface area contributed by atoms with Crippen LogP contribution in [0.2, 0.25) is 0 Å². The fourth-order valence-electron chi connectivity index (χ4n) is 0.838. The molecule has 1 rings (SSSR count). The maximum Gasteiger partial charge on any atom is 0.138 e. The van der Waals surface area contributed by atoms with E-state index in [4.69, 9.17) is 10.5 Å². The molecule has 3 nitrogen and oxygen atoms in total. The summed E-state index contributed by atoms with van der Waals surface area (Å²) in [7, 11) is 0. The molecule has 0 aromatic carbocycles. The third kappa shape index (κ3) is 2.11. The van der Waals surface area contributed by atoms with E-state index in [9.17, 15) is 0 Å². The molecule has 0 aromatic heterocycles. The summed E-state index contributed by atoms with van der Waals surface area (Å²) in [6.45, 7) is 2.48. The van der Waals surface area contributed by atoms with E-state index >= 15 is 0 Å². The lowest BCUT2D eigenvalue weighted by Crippen LogP contribution is -2.23. The summed E-state index contributed by atoms with van der Waals surface area (Å²) in [6, 6.07) is 0.208. The number of hydrogen-bond acceptors (Lipinski definition) is 3. The van der Waals surface area contributed by atoms with E-state index in [0.717, 1.165) is 6.42 Å². The van der Waals surface area contributed by atoms with Gasteiger partial charge in [-0.2, -0.15) is 0 Å². The van der Waals surface area contributed by atoms with Crippen LogP contribution >= 0.6 is 0 Å². The van der Waals surface area contributed by atoms with Gasteiger partial charge in [-0.1, -0.05) is 0 Å². The summed E-state index contributed by atoms with van der Waals surface area (Å²) in [6.07, 6.45) is 2.87. The average molecular weight is 128 g/mol. The lowest BCUT2D eigenvalue weighted by atomic mass is 10.2. The molecule has 0 fully saturated rings. The van der Waals surface area contributed by atoms with Gasteiger partial charge >= 0.3 is 0 Å². The number of rotatable bonds is 2. The van der Waals surface area contributed by atoms with E-state index in [-0.39, 0.29) is 12.1 Å². The maximum absolute atomic E-state index is 5.53. The van der Waals surface area contributed by atoms with Crippen molar-refractivity contribution in [3.05, 3.63) is 0 Å². The topological polar surface area (TPSA) is 47.6 Å². The van der Waals surface area contributed by atoms with Crippen LogP contribution in [0.5, 0.6) is 0 Å². The quantitative estimate of drug-likeness (QED) is 0.575. The minimum Gasteiger partial charge on any atom is -0.350 e. The Kier molecular flexibility index (Phi) is 2.19. The van der Waals surface area contributed by atoms with Crippen molar-refractivity contribution in [3.63, 3.8) is 0 Å². The summed E-state index contributed by atoms with van der Waals surface area (Å²) in [5.74, 6) is 0. The van der Waals surface area contributed by atoms with E-state index in [1.165, 1.54) is 0 Å². The molecule has 0 radical (unpaired) electrons. The van der Waals surface area contributed by atoms with E-state index < -0.39 is 0 Å². The van der Waals surface area contributed by atoms with Gasteiger partial charge in [-0.05, 0) is 13.3 Å². The minimum atomic E-state index is 0.171. The van der Waals surface area contributed by atoms with Gasteiger partial charge < -0.3 is 10.5 Å². The SMILES string of the molecule is CC(N)CC1C=NCO1. The van der Waals surface area contributed by atoms with Gasteiger partial charge in [0, 0.05) is 12.3 Å². The summed E-state index contributed by atoms with van der Waals surface area (Å²) < 4.78 is 5.16. The second-order valence-corrected chi connectivity index (χ2v) is 2.38. The summed E-state index contributed by atoms with van der Waals surface area (Å²) in [5.41, 5.74) is 5.53. The molecule has 2 N–H and O–H groups in total. The molecule has 3 heteroatoms. The number of nitrogens with two attached hydrogens (primary N) is 1. The predicted molar refractivity (Wildman–Crippen MR) is 36.5 cm³/mol. The zero-order valence-corrected chi connectivity index (χ0v) is 5.58. The highest BCUT2D eigenvalue weighted by atomic mass is 16.5. The highest BCUT2D eigenvalue weighted by molar-refractivity contribution is 5.64. The highest BCUT2D eigenvalue weighted by Gasteiger charge is 2.11. The van der Waals surface area contributed by atoms with Crippen molar-refractivity contribution >= 4 is 6.21 Å². The first-order valence-corrected chi connectivity index (χ1v) is 3.16. The molecule has 0 bridgehead atoms. The van der Waals surface area contributed by atoms with Gasteiger partial charge in [0.2, 0.25) is 0 Å². The van der Waals surface area contributed by atoms with Gasteiger partial charge in [0.15, 0.2) is 0 Å². The second kappa shape index (κ2) is 2.94. The Morgan fingerprint density at radius 2 is 2.78 bits per heavy atom. The molecule has 0 aromatic rings. The molecule has 2 atom stereocenters. The number of aliphatic imine (C=N–C) groups is 1. The third-order valence-electron chi connectivity index (χ3n) is 1.24. The van der Waals surface area contributed by atoms with Crippen molar-refractivity contribution in [2.75, 3.05) is 6.73 Å². The molecule has 9 heavy (non-hydrogen) atoms. The van der Waals surface area contributed by atoms with Crippen LogP contribution in [0.3, 0.4) is 0 Å². The molecular weight excluding hydrogens is 116 g/mol. The molecule has 1 aliphatic heterocycles. The van der Waals surface area contributed by atoms with E-state index in [1.807, 2.05) is 13.1 Å². The molecule has 2 unspecified atom stereocenters. The number of hydrogen-bond donors (Lipinski definition) is 1. The highest BCUT2D eigenvalue weighted by Crippen LogP contribution is 2.03. The normalized spacial score (nSPS) is 28.9. The Morgan fingerprint density at radius 3 is 3.22 bits per heavy atom. The van der Waals surface area contributed by atoms with Crippen LogP contribution in [0.4, 0.5) is 0 Å². The van der Waals surface area contributed by atoms with Crippen molar-refractivity contribution in [2.24, 2.45) is 10.7 Å². The largest absolute Gasteiger partial charge is 0.350 e. The van der Waals surface area contributed by atoms with Crippen LogP contribution < -0.4 is 5.73 Å². The molecule has 0 saturated heterocycles. The Labute approximate surface area is 54.9 Å². The van der Waals surface area contributed by atoms with Gasteiger partial charge in [0.1, 0.15) is 6.73 Å². The molecule has 0 saturated carbocycles. The van der Waals surface area contributed by atoms with E-state index in [0.29, 0.717) is 6.73 Å². The summed E-state index contributed by atoms with van der Waals surface area (Å²) in [4.78, 5) is 3.92. The second-order valence-electron chi connectivity index (χ2n) is 2.38. The van der Waals surface area contributed by atoms with Gasteiger partial charge in [-0.25, -0.2) is 0 Å². The predicted octanol–water partition coefficient (Wildman–Crippen LogP) is 0.151. The van der Waals surface area contributed by atoms with Crippen molar-refractivity contribution in [2.45, 2.75) is 25.5 Å². The molecule has 52 valence electrons. The zero-order chi connectivity index (χ0) is 6.69. The lowest BCUT2D eigenvalue weighted by Gasteiger charge is -2.08. The fraction of sp³-hybridized carbons (Fsp3) is 0.833. The van der Waals surface area contributed by atoms with Gasteiger partial charge in [-0.3, -0.25) is 4.99 Å². The molecule has 0 aliphatic carbocycles. The van der Waals surface area contributed by atoms with Crippen molar-refractivity contribution in [1.82, 2.24) is 0 Å². The van der Waals surface area contributed by atoms with Crippen LogP contribution in [0.25, 0.3) is 0 Å². The zero-order valence-electron chi connectivity index (χ0n) is 5.58. The molecule has 0 spiro atoms. The van der Waals surface area contributed by atoms with E-state index in [1.54, 1.807) is 0 Å². The maximum atomic E-state index is 5.53. The van der Waals surface area contributed by atoms with Crippen molar-refractivity contribution < 1.29 is 4.74 Å².